The highest BCUT2D eigenvalue weighted by Crippen LogP contribution is 2.32. The van der Waals surface area contributed by atoms with Gasteiger partial charge in [0.05, 0.1) is 11.9 Å². The van der Waals surface area contributed by atoms with Crippen LogP contribution in [0.25, 0.3) is 0 Å². The first kappa shape index (κ1) is 18.3. The highest BCUT2D eigenvalue weighted by atomic mass is 32.2. The van der Waals surface area contributed by atoms with Gasteiger partial charge < -0.3 is 4.90 Å². The summed E-state index contributed by atoms with van der Waals surface area (Å²) in [5.74, 6) is 0.625. The predicted octanol–water partition coefficient (Wildman–Crippen LogP) is 3.48. The molecule has 2 rings (SSSR count). The van der Waals surface area contributed by atoms with Crippen LogP contribution in [0.5, 0.6) is 0 Å². The van der Waals surface area contributed by atoms with E-state index in [0.717, 1.165) is 36.6 Å². The van der Waals surface area contributed by atoms with Crippen molar-refractivity contribution in [1.29, 1.82) is 0 Å². The summed E-state index contributed by atoms with van der Waals surface area (Å²) in [5, 5.41) is 8.56. The molecule has 1 aromatic heterocycles. The van der Waals surface area contributed by atoms with Crippen LogP contribution in [0, 0.1) is 6.92 Å². The van der Waals surface area contributed by atoms with Crippen LogP contribution in [0.4, 0.5) is 22.2 Å². The normalized spacial score (nSPS) is 11.8. The molecular weight excluding hydrogens is 348 g/mol. The third-order valence-electron chi connectivity index (χ3n) is 3.16. The third-order valence-corrected chi connectivity index (χ3v) is 4.45. The number of nitrogens with one attached hydrogen (secondary N) is 1. The van der Waals surface area contributed by atoms with E-state index < -0.39 is 10.0 Å². The maximum atomic E-state index is 11.6. The van der Waals surface area contributed by atoms with E-state index in [1.54, 1.807) is 19.1 Å². The van der Waals surface area contributed by atoms with Crippen molar-refractivity contribution in [2.75, 3.05) is 29.0 Å². The average Bonchev–Trinajstić information content (AvgIpc) is 2.91. The number of anilines is 2. The van der Waals surface area contributed by atoms with Gasteiger partial charge in [-0.3, -0.25) is 4.72 Å². The van der Waals surface area contributed by atoms with Crippen molar-refractivity contribution < 1.29 is 8.42 Å². The Bertz CT molecular complexity index is 828. The molecule has 1 N–H and O–H groups in total. The van der Waals surface area contributed by atoms with Crippen LogP contribution in [0.2, 0.25) is 0 Å². The van der Waals surface area contributed by atoms with E-state index in [-0.39, 0.29) is 0 Å². The van der Waals surface area contributed by atoms with E-state index in [2.05, 4.69) is 29.2 Å². The summed E-state index contributed by atoms with van der Waals surface area (Å²) in [6, 6.07) is 5.38. The summed E-state index contributed by atoms with van der Waals surface area (Å²) in [4.78, 5) is 6.22. The first-order chi connectivity index (χ1) is 11.3. The predicted molar refractivity (Wildman–Crippen MR) is 97.3 cm³/mol. The van der Waals surface area contributed by atoms with Crippen LogP contribution in [-0.4, -0.2) is 37.1 Å². The minimum Gasteiger partial charge on any atom is -0.372 e. The van der Waals surface area contributed by atoms with E-state index >= 15 is 0 Å². The third kappa shape index (κ3) is 4.96. The zero-order valence-electron chi connectivity index (χ0n) is 14.0. The quantitative estimate of drug-likeness (QED) is 0.754. The molecule has 1 aromatic carbocycles. The Kier molecular flexibility index (Phi) is 5.84. The molecule has 0 spiro atoms. The molecule has 0 radical (unpaired) electrons. The van der Waals surface area contributed by atoms with Crippen molar-refractivity contribution in [3.05, 3.63) is 24.0 Å². The number of benzene rings is 1. The minimum absolute atomic E-state index is 0.381. The molecular formula is C14H20N6O2S2. The lowest BCUT2D eigenvalue weighted by Gasteiger charge is -2.22. The molecule has 10 heteroatoms. The van der Waals surface area contributed by atoms with E-state index in [0.29, 0.717) is 22.3 Å². The van der Waals surface area contributed by atoms with E-state index in [4.69, 9.17) is 0 Å². The van der Waals surface area contributed by atoms with Crippen molar-refractivity contribution in [3.63, 3.8) is 0 Å². The van der Waals surface area contributed by atoms with Crippen LogP contribution >= 0.6 is 11.5 Å². The fourth-order valence-corrected chi connectivity index (χ4v) is 3.17. The molecule has 0 aliphatic carbocycles. The Morgan fingerprint density at radius 1 is 1.25 bits per heavy atom. The number of rotatable bonds is 7. The van der Waals surface area contributed by atoms with Crippen molar-refractivity contribution >= 4 is 43.7 Å². The number of hydrogen-bond donors (Lipinski definition) is 1. The molecule has 1 heterocycles. The lowest BCUT2D eigenvalue weighted by molar-refractivity contribution is 0.607. The standard InChI is InChI=1S/C14H20N6O2S2/c1-5-20(6-2)11-7-8-12(13(9-11)19-24(4,21)22)16-17-14-15-10(3)18-23-14/h7-9,19H,5-6H2,1-4H3. The van der Waals surface area contributed by atoms with Crippen LogP contribution in [0.15, 0.2) is 28.4 Å². The van der Waals surface area contributed by atoms with E-state index in [9.17, 15) is 8.42 Å². The number of hydrogen-bond acceptors (Lipinski definition) is 8. The summed E-state index contributed by atoms with van der Waals surface area (Å²) < 4.78 is 29.8. The van der Waals surface area contributed by atoms with Crippen LogP contribution in [0.3, 0.4) is 0 Å². The molecule has 0 unspecified atom stereocenters. The maximum absolute atomic E-state index is 11.6. The summed E-state index contributed by atoms with van der Waals surface area (Å²) in [7, 11) is -3.43. The van der Waals surface area contributed by atoms with Crippen LogP contribution < -0.4 is 9.62 Å². The zero-order chi connectivity index (χ0) is 17.7. The molecule has 0 atom stereocenters. The highest BCUT2D eigenvalue weighted by molar-refractivity contribution is 7.92. The first-order valence-corrected chi connectivity index (χ1v) is 10.1. The molecule has 0 aliphatic rings. The molecule has 0 bridgehead atoms. The summed E-state index contributed by atoms with van der Waals surface area (Å²) in [6.07, 6.45) is 1.10. The number of sulfonamides is 1. The second-order valence-corrected chi connectivity index (χ2v) is 7.55. The Balaban J connectivity index is 2.40. The fourth-order valence-electron chi connectivity index (χ4n) is 2.10. The van der Waals surface area contributed by atoms with Gasteiger partial charge in [-0.2, -0.15) is 4.37 Å². The number of nitrogens with zero attached hydrogens (tertiary/aromatic N) is 5. The molecule has 24 heavy (non-hydrogen) atoms. The van der Waals surface area contributed by atoms with Gasteiger partial charge in [-0.1, -0.05) is 0 Å². The molecule has 8 nitrogen and oxygen atoms in total. The fraction of sp³-hybridized carbons (Fsp3) is 0.429. The van der Waals surface area contributed by atoms with Gasteiger partial charge in [0.2, 0.25) is 15.2 Å². The SMILES string of the molecule is CCN(CC)c1ccc(N=Nc2nc(C)ns2)c(NS(C)(=O)=O)c1. The largest absolute Gasteiger partial charge is 0.372 e. The second-order valence-electron chi connectivity index (χ2n) is 5.07. The van der Waals surface area contributed by atoms with Gasteiger partial charge >= 0.3 is 0 Å². The van der Waals surface area contributed by atoms with E-state index in [1.165, 1.54) is 0 Å². The summed E-state index contributed by atoms with van der Waals surface area (Å²) in [6.45, 7) is 7.49. The van der Waals surface area contributed by atoms with Gasteiger partial charge in [-0.25, -0.2) is 13.4 Å². The van der Waals surface area contributed by atoms with Crippen molar-refractivity contribution in [1.82, 2.24) is 9.36 Å². The Morgan fingerprint density at radius 3 is 2.50 bits per heavy atom. The average molecular weight is 368 g/mol. The summed E-state index contributed by atoms with van der Waals surface area (Å²) >= 11 is 1.13. The van der Waals surface area contributed by atoms with Gasteiger partial charge in [-0.05, 0) is 39.0 Å². The van der Waals surface area contributed by atoms with Gasteiger partial charge in [0.15, 0.2) is 0 Å². The molecule has 130 valence electrons. The molecule has 2 aromatic rings. The zero-order valence-corrected chi connectivity index (χ0v) is 15.6. The minimum atomic E-state index is -3.43. The van der Waals surface area contributed by atoms with Gasteiger partial charge in [0.25, 0.3) is 0 Å². The number of aromatic nitrogens is 2. The molecule has 0 saturated heterocycles. The Morgan fingerprint density at radius 2 is 1.96 bits per heavy atom. The van der Waals surface area contributed by atoms with Crippen LogP contribution in [0.1, 0.15) is 19.7 Å². The van der Waals surface area contributed by atoms with Crippen LogP contribution in [-0.2, 0) is 10.0 Å². The van der Waals surface area contributed by atoms with Crippen molar-refractivity contribution in [2.45, 2.75) is 20.8 Å². The number of aryl methyl sites for hydroxylation is 1. The second kappa shape index (κ2) is 7.67. The topological polar surface area (TPSA) is 99.9 Å². The van der Waals surface area contributed by atoms with Crippen molar-refractivity contribution in [3.8, 4) is 0 Å². The Labute approximate surface area is 145 Å². The maximum Gasteiger partial charge on any atom is 0.249 e. The molecule has 0 saturated carbocycles. The van der Waals surface area contributed by atoms with Crippen molar-refractivity contribution in [2.24, 2.45) is 10.2 Å². The molecule has 0 aliphatic heterocycles. The smallest absolute Gasteiger partial charge is 0.249 e. The lowest BCUT2D eigenvalue weighted by atomic mass is 10.2. The highest BCUT2D eigenvalue weighted by Gasteiger charge is 2.11. The lowest BCUT2D eigenvalue weighted by Crippen LogP contribution is -2.22. The van der Waals surface area contributed by atoms with E-state index in [1.807, 2.05) is 19.9 Å². The first-order valence-electron chi connectivity index (χ1n) is 7.41. The van der Waals surface area contributed by atoms with Gasteiger partial charge in [0.1, 0.15) is 11.5 Å². The molecule has 0 fully saturated rings. The summed E-state index contributed by atoms with van der Waals surface area (Å²) in [5.41, 5.74) is 1.72. The van der Waals surface area contributed by atoms with Gasteiger partial charge in [0, 0.05) is 30.3 Å². The Hall–Kier alpha value is -2.07. The number of azo groups is 1. The monoisotopic (exact) mass is 368 g/mol. The van der Waals surface area contributed by atoms with Gasteiger partial charge in [-0.15, -0.1) is 10.2 Å². The molecule has 0 amide bonds.